The van der Waals surface area contributed by atoms with Crippen LogP contribution in [0.2, 0.25) is 0 Å². The Labute approximate surface area is 201 Å². The zero-order valence-electron chi connectivity index (χ0n) is 21.2. The Morgan fingerprint density at radius 3 is 2.58 bits per heavy atom. The minimum Gasteiger partial charge on any atom is -0.339 e. The van der Waals surface area contributed by atoms with Crippen LogP contribution in [0.25, 0.3) is 0 Å². The molecule has 1 atom stereocenters. The van der Waals surface area contributed by atoms with Gasteiger partial charge in [0, 0.05) is 37.8 Å². The van der Waals surface area contributed by atoms with Crippen molar-refractivity contribution in [3.05, 3.63) is 29.8 Å². The predicted molar refractivity (Wildman–Crippen MR) is 134 cm³/mol. The summed E-state index contributed by atoms with van der Waals surface area (Å²) >= 11 is 0. The molecule has 2 fully saturated rings. The molecule has 0 spiro atoms. The fourth-order valence-corrected chi connectivity index (χ4v) is 6.79. The van der Waals surface area contributed by atoms with Crippen molar-refractivity contribution in [1.82, 2.24) is 14.1 Å². The number of amides is 1. The highest BCUT2D eigenvalue weighted by atomic mass is 32.2. The zero-order valence-corrected chi connectivity index (χ0v) is 22.0. The van der Waals surface area contributed by atoms with Gasteiger partial charge in [-0.1, -0.05) is 33.8 Å². The third-order valence-electron chi connectivity index (χ3n) is 7.25. The van der Waals surface area contributed by atoms with Gasteiger partial charge in [0.25, 0.3) is 5.91 Å². The lowest BCUT2D eigenvalue weighted by Crippen LogP contribution is -2.43. The van der Waals surface area contributed by atoms with E-state index in [4.69, 9.17) is 0 Å². The molecule has 2 heterocycles. The number of benzene rings is 1. The van der Waals surface area contributed by atoms with Crippen LogP contribution in [-0.2, 0) is 10.0 Å². The molecule has 1 aromatic carbocycles. The molecule has 0 aromatic heterocycles. The molecule has 2 saturated heterocycles. The van der Waals surface area contributed by atoms with Crippen LogP contribution in [-0.4, -0.2) is 74.2 Å². The largest absolute Gasteiger partial charge is 0.339 e. The maximum absolute atomic E-state index is 13.5. The van der Waals surface area contributed by atoms with E-state index in [0.29, 0.717) is 43.7 Å². The van der Waals surface area contributed by atoms with Gasteiger partial charge in [0.2, 0.25) is 10.0 Å². The van der Waals surface area contributed by atoms with Crippen molar-refractivity contribution in [3.63, 3.8) is 0 Å². The molecule has 1 amide bonds. The van der Waals surface area contributed by atoms with Gasteiger partial charge >= 0.3 is 0 Å². The summed E-state index contributed by atoms with van der Waals surface area (Å²) in [6.07, 6.45) is 6.19. The van der Waals surface area contributed by atoms with Crippen molar-refractivity contribution in [2.45, 2.75) is 77.2 Å². The molecule has 6 nitrogen and oxygen atoms in total. The molecule has 0 radical (unpaired) electrons. The second-order valence-corrected chi connectivity index (χ2v) is 13.1. The van der Waals surface area contributed by atoms with Gasteiger partial charge in [0.05, 0.1) is 4.90 Å². The van der Waals surface area contributed by atoms with E-state index in [2.05, 4.69) is 39.6 Å². The van der Waals surface area contributed by atoms with Crippen molar-refractivity contribution in [2.75, 3.05) is 39.8 Å². The Morgan fingerprint density at radius 2 is 1.94 bits per heavy atom. The van der Waals surface area contributed by atoms with E-state index >= 15 is 0 Å². The molecule has 0 N–H and O–H groups in total. The highest BCUT2D eigenvalue weighted by molar-refractivity contribution is 7.89. The minimum absolute atomic E-state index is 0.0280. The van der Waals surface area contributed by atoms with Crippen LogP contribution >= 0.6 is 0 Å². The topological polar surface area (TPSA) is 60.9 Å². The highest BCUT2D eigenvalue weighted by Crippen LogP contribution is 2.32. The van der Waals surface area contributed by atoms with Crippen molar-refractivity contribution in [3.8, 4) is 0 Å². The van der Waals surface area contributed by atoms with Crippen LogP contribution in [0, 0.1) is 11.3 Å². The third-order valence-corrected chi connectivity index (χ3v) is 9.09. The number of nitrogens with zero attached hydrogens (tertiary/aromatic N) is 3. The zero-order chi connectivity index (χ0) is 24.2. The summed E-state index contributed by atoms with van der Waals surface area (Å²) in [5.74, 6) is 0.441. The van der Waals surface area contributed by atoms with E-state index in [1.165, 1.54) is 12.8 Å². The number of likely N-dealkylation sites (tertiary alicyclic amines) is 1. The van der Waals surface area contributed by atoms with E-state index < -0.39 is 10.0 Å². The molecule has 1 aromatic rings. The summed E-state index contributed by atoms with van der Waals surface area (Å²) in [7, 11) is -1.46. The van der Waals surface area contributed by atoms with Crippen LogP contribution in [0.3, 0.4) is 0 Å². The lowest BCUT2D eigenvalue weighted by Gasteiger charge is -2.37. The SMILES string of the molecule is CC(C)CCN(CCC1CCCN1C)C(=O)c1cccc(S(=O)(=O)N2CCCC(C)(C)C2)c1. The summed E-state index contributed by atoms with van der Waals surface area (Å²) in [6, 6.07) is 7.20. The van der Waals surface area contributed by atoms with Gasteiger partial charge in [-0.25, -0.2) is 8.42 Å². The third kappa shape index (κ3) is 6.80. The van der Waals surface area contributed by atoms with Gasteiger partial charge < -0.3 is 9.80 Å². The number of sulfonamides is 1. The second kappa shape index (κ2) is 10.9. The first-order valence-electron chi connectivity index (χ1n) is 12.6. The predicted octanol–water partition coefficient (Wildman–Crippen LogP) is 4.47. The van der Waals surface area contributed by atoms with E-state index in [0.717, 1.165) is 32.2 Å². The lowest BCUT2D eigenvalue weighted by molar-refractivity contribution is 0.0734. The van der Waals surface area contributed by atoms with Gasteiger partial charge in [-0.2, -0.15) is 4.31 Å². The molecule has 3 rings (SSSR count). The van der Waals surface area contributed by atoms with E-state index in [-0.39, 0.29) is 16.2 Å². The summed E-state index contributed by atoms with van der Waals surface area (Å²) in [5.41, 5.74) is 0.440. The second-order valence-electron chi connectivity index (χ2n) is 11.2. The Bertz CT molecular complexity index is 913. The van der Waals surface area contributed by atoms with Crippen LogP contribution in [0.15, 0.2) is 29.2 Å². The Balaban J connectivity index is 1.77. The van der Waals surface area contributed by atoms with Crippen molar-refractivity contribution < 1.29 is 13.2 Å². The van der Waals surface area contributed by atoms with Crippen molar-refractivity contribution in [2.24, 2.45) is 11.3 Å². The number of rotatable bonds is 9. The molecule has 0 bridgehead atoms. The van der Waals surface area contributed by atoms with Gasteiger partial charge in [0.1, 0.15) is 0 Å². The first kappa shape index (κ1) is 26.2. The summed E-state index contributed by atoms with van der Waals surface area (Å²) in [6.45, 7) is 12.1. The van der Waals surface area contributed by atoms with Gasteiger partial charge in [0.15, 0.2) is 0 Å². The monoisotopic (exact) mass is 477 g/mol. The lowest BCUT2D eigenvalue weighted by atomic mass is 9.85. The van der Waals surface area contributed by atoms with Crippen LogP contribution in [0.5, 0.6) is 0 Å². The number of carbonyl (C=O) groups excluding carboxylic acids is 1. The maximum Gasteiger partial charge on any atom is 0.253 e. The first-order chi connectivity index (χ1) is 15.5. The molecule has 186 valence electrons. The molecule has 1 unspecified atom stereocenters. The molecule has 33 heavy (non-hydrogen) atoms. The smallest absolute Gasteiger partial charge is 0.253 e. The highest BCUT2D eigenvalue weighted by Gasteiger charge is 2.34. The number of piperidine rings is 1. The van der Waals surface area contributed by atoms with Gasteiger partial charge in [-0.3, -0.25) is 4.79 Å². The molecule has 2 aliphatic rings. The minimum atomic E-state index is -3.62. The normalized spacial score (nSPS) is 22.1. The van der Waals surface area contributed by atoms with Gasteiger partial charge in [-0.15, -0.1) is 0 Å². The number of hydrogen-bond acceptors (Lipinski definition) is 4. The fraction of sp³-hybridized carbons (Fsp3) is 0.731. The number of hydrogen-bond donors (Lipinski definition) is 0. The Kier molecular flexibility index (Phi) is 8.62. The van der Waals surface area contributed by atoms with Gasteiger partial charge in [-0.05, 0) is 81.6 Å². The average Bonchev–Trinajstić information content (AvgIpc) is 3.17. The molecule has 0 saturated carbocycles. The summed E-state index contributed by atoms with van der Waals surface area (Å²) in [5, 5.41) is 0. The fourth-order valence-electron chi connectivity index (χ4n) is 5.07. The standard InChI is InChI=1S/C26H43N3O3S/c1-21(2)12-17-28(18-13-23-10-7-15-27(23)5)25(30)22-9-6-11-24(19-22)33(31,32)29-16-8-14-26(3,4)20-29/h6,9,11,19,21,23H,7-8,10,12-18,20H2,1-5H3. The average molecular weight is 478 g/mol. The first-order valence-corrected chi connectivity index (χ1v) is 14.0. The van der Waals surface area contributed by atoms with Crippen LogP contribution in [0.4, 0.5) is 0 Å². The summed E-state index contributed by atoms with van der Waals surface area (Å²) in [4.78, 5) is 18.1. The Morgan fingerprint density at radius 1 is 1.18 bits per heavy atom. The van der Waals surface area contributed by atoms with E-state index in [1.54, 1.807) is 28.6 Å². The Hall–Kier alpha value is -1.44. The van der Waals surface area contributed by atoms with E-state index in [1.807, 2.05) is 4.90 Å². The molecular formula is C26H43N3O3S. The number of carbonyl (C=O) groups is 1. The summed E-state index contributed by atoms with van der Waals surface area (Å²) < 4.78 is 28.3. The molecular weight excluding hydrogens is 434 g/mol. The molecule has 2 aliphatic heterocycles. The van der Waals surface area contributed by atoms with Crippen molar-refractivity contribution >= 4 is 15.9 Å². The van der Waals surface area contributed by atoms with Crippen molar-refractivity contribution in [1.29, 1.82) is 0 Å². The quantitative estimate of drug-likeness (QED) is 0.526. The maximum atomic E-state index is 13.5. The molecule has 7 heteroatoms. The van der Waals surface area contributed by atoms with E-state index in [9.17, 15) is 13.2 Å². The van der Waals surface area contributed by atoms with Crippen LogP contribution in [0.1, 0.15) is 76.6 Å². The van der Waals surface area contributed by atoms with Crippen LogP contribution < -0.4 is 0 Å². The molecule has 0 aliphatic carbocycles.